The van der Waals surface area contributed by atoms with Gasteiger partial charge in [-0.05, 0) is 27.2 Å². The van der Waals surface area contributed by atoms with Crippen LogP contribution in [-0.4, -0.2) is 63.3 Å². The first kappa shape index (κ1) is 14.5. The van der Waals surface area contributed by atoms with E-state index in [-0.39, 0.29) is 23.2 Å². The average molecular weight is 393 g/mol. The lowest BCUT2D eigenvalue weighted by Crippen LogP contribution is -2.35. The van der Waals surface area contributed by atoms with Crippen molar-refractivity contribution in [2.24, 2.45) is 0 Å². The Kier molecular flexibility index (Phi) is 4.01. The summed E-state index contributed by atoms with van der Waals surface area (Å²) in [5.41, 5.74) is -0.525. The maximum Gasteiger partial charge on any atom is 0.348 e. The molecule has 2 aliphatic rings. The smallest absolute Gasteiger partial charge is 0.348 e. The van der Waals surface area contributed by atoms with E-state index < -0.39 is 53.9 Å². The number of aliphatic hydroxyl groups is 1. The summed E-state index contributed by atoms with van der Waals surface area (Å²) >= 11 is 5.91. The van der Waals surface area contributed by atoms with Crippen LogP contribution in [0, 0.1) is 17.0 Å². The highest BCUT2D eigenvalue weighted by molar-refractivity contribution is 6.31. The van der Waals surface area contributed by atoms with Crippen molar-refractivity contribution in [2.75, 3.05) is 18.4 Å². The molecule has 0 spiro atoms. The Morgan fingerprint density at radius 3 is 2.85 bits per heavy atom. The lowest BCUT2D eigenvalue weighted by Gasteiger charge is -2.24. The molecule has 1 aromatic rings. The molecule has 26 heavy (non-hydrogen) atoms. The second-order valence-corrected chi connectivity index (χ2v) is 6.80. The number of hydrogen-bond acceptors (Lipinski definition) is 9. The highest BCUT2D eigenvalue weighted by Gasteiger charge is 2.55. The number of rotatable bonds is 6. The summed E-state index contributed by atoms with van der Waals surface area (Å²) in [4.78, 5) is 18.5. The van der Waals surface area contributed by atoms with Crippen LogP contribution in [0.3, 0.4) is 0 Å². The van der Waals surface area contributed by atoms with Crippen molar-refractivity contribution in [3.63, 3.8) is 0 Å². The van der Waals surface area contributed by atoms with Gasteiger partial charge in [-0.15, -0.1) is 0 Å². The van der Waals surface area contributed by atoms with Crippen LogP contribution in [-0.2, 0) is 14.2 Å². The normalized spacial score (nSPS) is 33.0. The molecule has 144 valence electrons. The first-order valence-electron chi connectivity index (χ1n) is 9.82. The van der Waals surface area contributed by atoms with Crippen LogP contribution in [0.1, 0.15) is 31.6 Å². The minimum absolute atomic E-state index is 0.0266. The lowest BCUT2D eigenvalue weighted by molar-refractivity contribution is -0.384. The number of nitrogens with one attached hydrogen (secondary N) is 1. The number of hydrogen-bond donors (Lipinski definition) is 2. The van der Waals surface area contributed by atoms with Crippen LogP contribution in [0.4, 0.5) is 11.5 Å². The number of nitro groups is 1. The zero-order valence-corrected chi connectivity index (χ0v) is 15.0. The topological polar surface area (TPSA) is 129 Å². The Morgan fingerprint density at radius 1 is 1.50 bits per heavy atom. The van der Waals surface area contributed by atoms with Gasteiger partial charge in [0.2, 0.25) is 11.0 Å². The predicted octanol–water partition coefficient (Wildman–Crippen LogP) is 1.43. The Labute approximate surface area is 160 Å². The standard InChI is InChI=1S/C15H21ClN4O6/c1-7-17-13(16)10(20(22)23)14(18-7)19-8-6-9(24-5-4-21)12-11(8)25-15(2,3)26-12/h8-9,11-12,21H,4-6H2,1-3H3,(H,17,18,19)/t8-,9+,11+,12-/m1/s1/i4D2,5D2. The minimum Gasteiger partial charge on any atom is -0.394 e. The Bertz CT molecular complexity index is 855. The second-order valence-electron chi connectivity index (χ2n) is 6.44. The zero-order valence-electron chi connectivity index (χ0n) is 18.2. The first-order valence-corrected chi connectivity index (χ1v) is 8.20. The lowest BCUT2D eigenvalue weighted by atomic mass is 10.2. The van der Waals surface area contributed by atoms with Crippen molar-refractivity contribution in [3.05, 3.63) is 21.1 Å². The summed E-state index contributed by atoms with van der Waals surface area (Å²) < 4.78 is 46.8. The molecule has 2 heterocycles. The van der Waals surface area contributed by atoms with Crippen molar-refractivity contribution in [3.8, 4) is 0 Å². The fourth-order valence-electron chi connectivity index (χ4n) is 3.26. The first-order chi connectivity index (χ1) is 13.6. The van der Waals surface area contributed by atoms with Gasteiger partial charge in [-0.1, -0.05) is 11.6 Å². The van der Waals surface area contributed by atoms with E-state index in [1.165, 1.54) is 6.92 Å². The molecule has 10 nitrogen and oxygen atoms in total. The number of anilines is 1. The summed E-state index contributed by atoms with van der Waals surface area (Å²) in [7, 11) is 0. The van der Waals surface area contributed by atoms with Crippen LogP contribution >= 0.6 is 11.6 Å². The SMILES string of the molecule is [2H]C([2H])(O)C([2H])([2H])O[C@H]1C[C@@H](Nc2nc(C)nc(Cl)c2[N+](=O)[O-])[C@@H]2OC(C)(C)O[C@@H]21. The molecule has 11 heteroatoms. The predicted molar refractivity (Wildman–Crippen MR) is 91.1 cm³/mol. The Hall–Kier alpha value is -1.59. The van der Waals surface area contributed by atoms with E-state index in [0.29, 0.717) is 0 Å². The van der Waals surface area contributed by atoms with E-state index >= 15 is 0 Å². The Balaban J connectivity index is 1.91. The molecule has 3 rings (SSSR count). The van der Waals surface area contributed by atoms with Crippen molar-refractivity contribution in [1.82, 2.24) is 9.97 Å². The minimum atomic E-state index is -3.26. The summed E-state index contributed by atoms with van der Waals surface area (Å²) in [6.07, 6.45) is -2.55. The van der Waals surface area contributed by atoms with Crippen LogP contribution in [0.5, 0.6) is 0 Å². The third-order valence-corrected chi connectivity index (χ3v) is 4.39. The van der Waals surface area contributed by atoms with Crippen LogP contribution in [0.25, 0.3) is 0 Å². The molecule has 0 unspecified atom stereocenters. The number of aryl methyl sites for hydroxylation is 1. The van der Waals surface area contributed by atoms with Gasteiger partial charge in [-0.2, -0.15) is 0 Å². The van der Waals surface area contributed by atoms with Crippen LogP contribution in [0.2, 0.25) is 5.15 Å². The molecular formula is C15H21ClN4O6. The molecule has 1 aromatic heterocycles. The summed E-state index contributed by atoms with van der Waals surface area (Å²) in [5, 5.41) is 23.4. The maximum absolute atomic E-state index is 11.4. The molecule has 1 saturated heterocycles. The number of ether oxygens (including phenoxy) is 3. The Morgan fingerprint density at radius 2 is 2.19 bits per heavy atom. The number of aromatic nitrogens is 2. The van der Waals surface area contributed by atoms with Crippen molar-refractivity contribution in [1.29, 1.82) is 0 Å². The molecule has 0 bridgehead atoms. The molecule has 1 aliphatic heterocycles. The highest BCUT2D eigenvalue weighted by Crippen LogP contribution is 2.41. The molecule has 2 fully saturated rings. The molecule has 2 N–H and O–H groups in total. The van der Waals surface area contributed by atoms with Crippen LogP contribution in [0.15, 0.2) is 0 Å². The number of fused-ring (bicyclic) bond motifs is 1. The van der Waals surface area contributed by atoms with Crippen molar-refractivity contribution in [2.45, 2.75) is 57.3 Å². The third-order valence-electron chi connectivity index (χ3n) is 4.13. The van der Waals surface area contributed by atoms with Gasteiger partial charge < -0.3 is 24.6 Å². The van der Waals surface area contributed by atoms with Crippen LogP contribution < -0.4 is 5.32 Å². The molecule has 0 amide bonds. The van der Waals surface area contributed by atoms with E-state index in [0.717, 1.165) is 0 Å². The van der Waals surface area contributed by atoms with E-state index in [1.807, 2.05) is 0 Å². The fourth-order valence-corrected chi connectivity index (χ4v) is 3.54. The molecule has 0 radical (unpaired) electrons. The van der Waals surface area contributed by atoms with Crippen molar-refractivity contribution >= 4 is 23.1 Å². The molecule has 1 saturated carbocycles. The third kappa shape index (κ3) is 3.74. The summed E-state index contributed by atoms with van der Waals surface area (Å²) in [6, 6.07) is -0.675. The zero-order chi connectivity index (χ0) is 22.6. The second kappa shape index (κ2) is 7.20. The summed E-state index contributed by atoms with van der Waals surface area (Å²) in [6.45, 7) is -1.52. The number of halogens is 1. The van der Waals surface area contributed by atoms with Gasteiger partial charge in [0, 0.05) is 0 Å². The van der Waals surface area contributed by atoms with E-state index in [9.17, 15) is 15.2 Å². The van der Waals surface area contributed by atoms with Gasteiger partial charge in [0.25, 0.3) is 0 Å². The quantitative estimate of drug-likeness (QED) is 0.419. The average Bonchev–Trinajstić information content (AvgIpc) is 3.00. The van der Waals surface area contributed by atoms with E-state index in [2.05, 4.69) is 15.3 Å². The van der Waals surface area contributed by atoms with Gasteiger partial charge in [-0.25, -0.2) is 9.97 Å². The monoisotopic (exact) mass is 392 g/mol. The largest absolute Gasteiger partial charge is 0.394 e. The van der Waals surface area contributed by atoms with Crippen molar-refractivity contribution < 1.29 is 29.7 Å². The van der Waals surface area contributed by atoms with Gasteiger partial charge in [-0.3, -0.25) is 10.1 Å². The highest BCUT2D eigenvalue weighted by atomic mass is 35.5. The van der Waals surface area contributed by atoms with Gasteiger partial charge in [0.1, 0.15) is 18.0 Å². The van der Waals surface area contributed by atoms with Gasteiger partial charge in [0.05, 0.1) is 35.7 Å². The molecule has 4 atom stereocenters. The van der Waals surface area contributed by atoms with Gasteiger partial charge in [0.15, 0.2) is 5.79 Å². The summed E-state index contributed by atoms with van der Waals surface area (Å²) in [5.74, 6) is -1.01. The van der Waals surface area contributed by atoms with Gasteiger partial charge >= 0.3 is 5.69 Å². The number of nitrogens with zero attached hydrogens (tertiary/aromatic N) is 3. The molecular weight excluding hydrogens is 368 g/mol. The maximum atomic E-state index is 11.4. The van der Waals surface area contributed by atoms with E-state index in [4.69, 9.17) is 31.3 Å². The van der Waals surface area contributed by atoms with E-state index in [1.54, 1.807) is 13.8 Å². The fraction of sp³-hybridized carbons (Fsp3) is 0.733. The molecule has 1 aliphatic carbocycles. The molecule has 0 aromatic carbocycles.